The topological polar surface area (TPSA) is 87.5 Å². The van der Waals surface area contributed by atoms with E-state index in [1.54, 1.807) is 33.5 Å². The summed E-state index contributed by atoms with van der Waals surface area (Å²) in [6.07, 6.45) is 3.04. The largest absolute Gasteiger partial charge is 0.355 e. The second-order valence-corrected chi connectivity index (χ2v) is 8.52. The van der Waals surface area contributed by atoms with Gasteiger partial charge in [-0.25, -0.2) is 9.37 Å². The highest BCUT2D eigenvalue weighted by atomic mass is 35.5. The molecule has 0 N–H and O–H groups in total. The summed E-state index contributed by atoms with van der Waals surface area (Å²) in [5.74, 6) is -0.0203. The summed E-state index contributed by atoms with van der Waals surface area (Å²) in [7, 11) is 0. The van der Waals surface area contributed by atoms with Gasteiger partial charge in [0.25, 0.3) is 11.4 Å². The molecule has 0 bridgehead atoms. The van der Waals surface area contributed by atoms with Crippen molar-refractivity contribution in [2.24, 2.45) is 0 Å². The Hall–Kier alpha value is -3.56. The summed E-state index contributed by atoms with van der Waals surface area (Å²) in [5.41, 5.74) is 1.23. The van der Waals surface area contributed by atoms with Crippen molar-refractivity contribution in [2.75, 3.05) is 6.61 Å². The van der Waals surface area contributed by atoms with E-state index in [1.807, 2.05) is 19.1 Å². The molecule has 1 aliphatic rings. The monoisotopic (exact) mass is 465 g/mol. The average molecular weight is 466 g/mol. The molecule has 6 rings (SSSR count). The molecule has 0 saturated carbocycles. The molecule has 1 fully saturated rings. The summed E-state index contributed by atoms with van der Waals surface area (Å²) in [6.45, 7) is 2.44. The SMILES string of the molecule is CC1(n2c(=O)c3c(-c4noc(-c5ccc(F)cc5)n4)ncn3c3cccc(Cl)c32)CCCO1. The van der Waals surface area contributed by atoms with Crippen LogP contribution in [0.25, 0.3) is 39.5 Å². The van der Waals surface area contributed by atoms with Crippen molar-refractivity contribution in [1.82, 2.24) is 24.1 Å². The van der Waals surface area contributed by atoms with Gasteiger partial charge in [-0.2, -0.15) is 4.98 Å². The van der Waals surface area contributed by atoms with Crippen LogP contribution in [0, 0.1) is 5.82 Å². The molecule has 0 spiro atoms. The summed E-state index contributed by atoms with van der Waals surface area (Å²) in [5, 5.41) is 4.47. The number of hydrogen-bond acceptors (Lipinski definition) is 6. The minimum atomic E-state index is -0.847. The number of aromatic nitrogens is 5. The number of nitrogens with zero attached hydrogens (tertiary/aromatic N) is 5. The zero-order valence-corrected chi connectivity index (χ0v) is 18.2. The van der Waals surface area contributed by atoms with Gasteiger partial charge in [-0.1, -0.05) is 22.8 Å². The predicted octanol–water partition coefficient (Wildman–Crippen LogP) is 4.64. The third-order valence-corrected chi connectivity index (χ3v) is 6.33. The fraction of sp³-hybridized carbons (Fsp3) is 0.217. The molecule has 5 aromatic rings. The molecule has 4 heterocycles. The maximum Gasteiger partial charge on any atom is 0.280 e. The van der Waals surface area contributed by atoms with E-state index in [-0.39, 0.29) is 34.3 Å². The number of fused-ring (bicyclic) bond motifs is 3. The smallest absolute Gasteiger partial charge is 0.280 e. The fourth-order valence-corrected chi connectivity index (χ4v) is 4.70. The molecule has 1 aliphatic heterocycles. The standard InChI is InChI=1S/C23H17ClFN5O3/c1-23(10-3-11-32-23)30-18-15(24)4-2-5-16(18)29-12-26-17(19(29)22(30)31)20-27-21(33-28-20)13-6-8-14(25)9-7-13/h2,4-9,12H,3,10-11H2,1H3. The van der Waals surface area contributed by atoms with Crippen molar-refractivity contribution in [2.45, 2.75) is 25.5 Å². The van der Waals surface area contributed by atoms with Gasteiger partial charge in [-0.15, -0.1) is 0 Å². The molecule has 0 amide bonds. The van der Waals surface area contributed by atoms with Crippen molar-refractivity contribution in [3.8, 4) is 23.0 Å². The lowest BCUT2D eigenvalue weighted by Crippen LogP contribution is -2.39. The zero-order valence-electron chi connectivity index (χ0n) is 17.5. The molecule has 166 valence electrons. The lowest BCUT2D eigenvalue weighted by atomic mass is 10.1. The highest BCUT2D eigenvalue weighted by molar-refractivity contribution is 6.35. The van der Waals surface area contributed by atoms with Crippen molar-refractivity contribution >= 4 is 28.2 Å². The molecule has 10 heteroatoms. The Bertz CT molecular complexity index is 1580. The van der Waals surface area contributed by atoms with Gasteiger partial charge >= 0.3 is 0 Å². The number of imidazole rings is 1. The fourth-order valence-electron chi connectivity index (χ4n) is 4.45. The summed E-state index contributed by atoms with van der Waals surface area (Å²) in [6, 6.07) is 11.1. The molecule has 1 unspecified atom stereocenters. The number of halogens is 2. The quantitative estimate of drug-likeness (QED) is 0.385. The number of rotatable bonds is 3. The van der Waals surface area contributed by atoms with E-state index in [1.165, 1.54) is 12.1 Å². The molecular weight excluding hydrogens is 449 g/mol. The van der Waals surface area contributed by atoms with Crippen LogP contribution >= 0.6 is 11.6 Å². The van der Waals surface area contributed by atoms with Crippen LogP contribution in [-0.4, -0.2) is 30.7 Å². The van der Waals surface area contributed by atoms with Gasteiger partial charge in [-0.3, -0.25) is 13.8 Å². The van der Waals surface area contributed by atoms with Crippen LogP contribution in [0.2, 0.25) is 5.02 Å². The molecule has 1 atom stereocenters. The molecule has 8 nitrogen and oxygen atoms in total. The average Bonchev–Trinajstić information content (AvgIpc) is 3.55. The van der Waals surface area contributed by atoms with Crippen LogP contribution in [0.5, 0.6) is 0 Å². The van der Waals surface area contributed by atoms with Gasteiger partial charge in [0, 0.05) is 12.2 Å². The van der Waals surface area contributed by atoms with E-state index in [4.69, 9.17) is 20.9 Å². The van der Waals surface area contributed by atoms with Gasteiger partial charge in [0.2, 0.25) is 5.82 Å². The highest BCUT2D eigenvalue weighted by Gasteiger charge is 2.36. The minimum Gasteiger partial charge on any atom is -0.355 e. The first kappa shape index (κ1) is 20.1. The van der Waals surface area contributed by atoms with E-state index in [0.717, 1.165) is 6.42 Å². The number of benzene rings is 2. The summed E-state index contributed by atoms with van der Waals surface area (Å²) >= 11 is 6.57. The van der Waals surface area contributed by atoms with Crippen LogP contribution in [-0.2, 0) is 10.5 Å². The first-order valence-electron chi connectivity index (χ1n) is 10.4. The van der Waals surface area contributed by atoms with Crippen molar-refractivity contribution in [3.05, 3.63) is 70.0 Å². The molecule has 0 radical (unpaired) electrons. The van der Waals surface area contributed by atoms with Gasteiger partial charge < -0.3 is 9.26 Å². The zero-order chi connectivity index (χ0) is 22.7. The molecule has 3 aromatic heterocycles. The second kappa shape index (κ2) is 7.23. The Morgan fingerprint density at radius 1 is 1.15 bits per heavy atom. The Balaban J connectivity index is 1.62. The molecule has 2 aromatic carbocycles. The van der Waals surface area contributed by atoms with E-state index in [0.29, 0.717) is 34.6 Å². The number of hydrogen-bond donors (Lipinski definition) is 0. The second-order valence-electron chi connectivity index (χ2n) is 8.12. The van der Waals surface area contributed by atoms with E-state index >= 15 is 0 Å². The molecular formula is C23H17ClFN5O3. The van der Waals surface area contributed by atoms with Crippen molar-refractivity contribution in [3.63, 3.8) is 0 Å². The van der Waals surface area contributed by atoms with Gasteiger partial charge in [-0.05, 0) is 56.2 Å². The van der Waals surface area contributed by atoms with Gasteiger partial charge in [0.1, 0.15) is 29.1 Å². The third-order valence-electron chi connectivity index (χ3n) is 6.02. The Morgan fingerprint density at radius 3 is 2.73 bits per heavy atom. The highest BCUT2D eigenvalue weighted by Crippen LogP contribution is 2.35. The van der Waals surface area contributed by atoms with Crippen LogP contribution in [0.15, 0.2) is 58.1 Å². The lowest BCUT2D eigenvalue weighted by Gasteiger charge is -2.28. The van der Waals surface area contributed by atoms with Crippen LogP contribution < -0.4 is 5.56 Å². The number of ether oxygens (including phenoxy) is 1. The summed E-state index contributed by atoms with van der Waals surface area (Å²) < 4.78 is 27.9. The van der Waals surface area contributed by atoms with E-state index in [9.17, 15) is 9.18 Å². The van der Waals surface area contributed by atoms with Gasteiger partial charge in [0.15, 0.2) is 0 Å². The Kier molecular flexibility index (Phi) is 4.40. The van der Waals surface area contributed by atoms with Crippen LogP contribution in [0.4, 0.5) is 4.39 Å². The Morgan fingerprint density at radius 2 is 1.97 bits per heavy atom. The molecule has 0 aliphatic carbocycles. The van der Waals surface area contributed by atoms with Crippen LogP contribution in [0.3, 0.4) is 0 Å². The third kappa shape index (κ3) is 3.00. The van der Waals surface area contributed by atoms with Crippen LogP contribution in [0.1, 0.15) is 19.8 Å². The normalized spacial score (nSPS) is 18.5. The molecule has 1 saturated heterocycles. The van der Waals surface area contributed by atoms with Crippen molar-refractivity contribution in [1.29, 1.82) is 0 Å². The Labute approximate surface area is 191 Å². The van der Waals surface area contributed by atoms with E-state index in [2.05, 4.69) is 15.1 Å². The molecule has 33 heavy (non-hydrogen) atoms. The first-order chi connectivity index (χ1) is 16.0. The van der Waals surface area contributed by atoms with Gasteiger partial charge in [0.05, 0.1) is 16.1 Å². The lowest BCUT2D eigenvalue weighted by molar-refractivity contribution is -0.0447. The maximum atomic E-state index is 13.9. The van der Waals surface area contributed by atoms with Crippen molar-refractivity contribution < 1.29 is 13.7 Å². The maximum absolute atomic E-state index is 13.9. The van der Waals surface area contributed by atoms with E-state index < -0.39 is 5.72 Å². The number of para-hydroxylation sites is 1. The predicted molar refractivity (Wildman–Crippen MR) is 119 cm³/mol. The summed E-state index contributed by atoms with van der Waals surface area (Å²) in [4.78, 5) is 22.7. The minimum absolute atomic E-state index is 0.152. The first-order valence-corrected chi connectivity index (χ1v) is 10.8.